The molecule has 2 aromatic rings. The second kappa shape index (κ2) is 5.60. The molecule has 0 saturated carbocycles. The first-order valence-electron chi connectivity index (χ1n) is 5.52. The smallest absolute Gasteiger partial charge is 0.182 e. The number of hydrogen-bond acceptors (Lipinski definition) is 3. The minimum atomic E-state index is -3.73. The highest BCUT2D eigenvalue weighted by Crippen LogP contribution is 2.29. The molecule has 0 heterocycles. The summed E-state index contributed by atoms with van der Waals surface area (Å²) >= 11 is 11.8. The predicted molar refractivity (Wildman–Crippen MR) is 78.2 cm³/mol. The van der Waals surface area contributed by atoms with Crippen LogP contribution in [-0.4, -0.2) is 8.42 Å². The highest BCUT2D eigenvalue weighted by Gasteiger charge is 2.19. The average molecular weight is 334 g/mol. The fourth-order valence-corrected chi connectivity index (χ4v) is 3.49. The Kier molecular flexibility index (Phi) is 4.22. The van der Waals surface area contributed by atoms with Gasteiger partial charge in [-0.3, -0.25) is 0 Å². The Morgan fingerprint density at radius 3 is 2.50 bits per heavy atom. The van der Waals surface area contributed by atoms with E-state index in [1.54, 1.807) is 18.2 Å². The van der Waals surface area contributed by atoms with Crippen molar-refractivity contribution < 1.29 is 12.8 Å². The lowest BCUT2D eigenvalue weighted by molar-refractivity contribution is 0.591. The Balaban J connectivity index is 2.41. The van der Waals surface area contributed by atoms with Gasteiger partial charge in [-0.1, -0.05) is 35.3 Å². The summed E-state index contributed by atoms with van der Waals surface area (Å²) in [6, 6.07) is 8.07. The van der Waals surface area contributed by atoms with E-state index < -0.39 is 15.7 Å². The number of nitrogens with two attached hydrogens (primary N) is 1. The molecule has 0 bridgehead atoms. The number of halogens is 3. The fraction of sp³-hybridized carbons (Fsp3) is 0.0769. The van der Waals surface area contributed by atoms with Gasteiger partial charge < -0.3 is 5.73 Å². The van der Waals surface area contributed by atoms with Gasteiger partial charge in [-0.05, 0) is 29.8 Å². The van der Waals surface area contributed by atoms with Crippen LogP contribution in [0.15, 0.2) is 41.3 Å². The van der Waals surface area contributed by atoms with E-state index >= 15 is 0 Å². The van der Waals surface area contributed by atoms with Gasteiger partial charge in [-0.25, -0.2) is 12.8 Å². The van der Waals surface area contributed by atoms with Crippen molar-refractivity contribution in [1.29, 1.82) is 0 Å². The van der Waals surface area contributed by atoms with Gasteiger partial charge in [0.1, 0.15) is 5.82 Å². The standard InChI is InChI=1S/C13H10Cl2FNO2S/c14-10-3-1-2-8(13(10)15)7-20(18,19)9-4-5-12(17)11(16)6-9/h1-6H,7,17H2. The zero-order valence-electron chi connectivity index (χ0n) is 10.1. The first-order valence-corrected chi connectivity index (χ1v) is 7.93. The van der Waals surface area contributed by atoms with Crippen LogP contribution in [0.25, 0.3) is 0 Å². The van der Waals surface area contributed by atoms with Gasteiger partial charge in [0.05, 0.1) is 26.4 Å². The summed E-state index contributed by atoms with van der Waals surface area (Å²) < 4.78 is 37.8. The van der Waals surface area contributed by atoms with Gasteiger partial charge in [-0.2, -0.15) is 0 Å². The molecule has 3 nitrogen and oxygen atoms in total. The molecular weight excluding hydrogens is 324 g/mol. The summed E-state index contributed by atoms with van der Waals surface area (Å²) in [5.41, 5.74) is 5.57. The molecule has 0 fully saturated rings. The number of benzene rings is 2. The molecule has 0 aliphatic heterocycles. The minimum Gasteiger partial charge on any atom is -0.396 e. The highest BCUT2D eigenvalue weighted by atomic mass is 35.5. The van der Waals surface area contributed by atoms with Crippen molar-refractivity contribution in [2.75, 3.05) is 5.73 Å². The monoisotopic (exact) mass is 333 g/mol. The lowest BCUT2D eigenvalue weighted by Crippen LogP contribution is -2.06. The first-order chi connectivity index (χ1) is 9.31. The molecule has 0 amide bonds. The normalized spacial score (nSPS) is 11.6. The van der Waals surface area contributed by atoms with Crippen LogP contribution in [0.5, 0.6) is 0 Å². The maximum atomic E-state index is 13.4. The predicted octanol–water partition coefficient (Wildman–Crippen LogP) is 3.69. The van der Waals surface area contributed by atoms with E-state index in [1.165, 1.54) is 12.1 Å². The van der Waals surface area contributed by atoms with Crippen molar-refractivity contribution in [3.63, 3.8) is 0 Å². The summed E-state index contributed by atoms with van der Waals surface area (Å²) in [5, 5.41) is 0.441. The van der Waals surface area contributed by atoms with E-state index in [0.29, 0.717) is 5.56 Å². The maximum Gasteiger partial charge on any atom is 0.182 e. The second-order valence-corrected chi connectivity index (χ2v) is 6.93. The van der Waals surface area contributed by atoms with Crippen molar-refractivity contribution in [3.8, 4) is 0 Å². The van der Waals surface area contributed by atoms with Crippen LogP contribution in [0.2, 0.25) is 10.0 Å². The number of rotatable bonds is 3. The molecule has 20 heavy (non-hydrogen) atoms. The van der Waals surface area contributed by atoms with E-state index in [1.807, 2.05) is 0 Å². The third-order valence-electron chi connectivity index (χ3n) is 2.71. The fourth-order valence-electron chi connectivity index (χ4n) is 1.65. The Morgan fingerprint density at radius 2 is 1.85 bits per heavy atom. The quantitative estimate of drug-likeness (QED) is 0.871. The Hall–Kier alpha value is -1.30. The molecule has 0 aromatic heterocycles. The summed E-state index contributed by atoms with van der Waals surface area (Å²) in [6.07, 6.45) is 0. The number of sulfone groups is 1. The number of hydrogen-bond donors (Lipinski definition) is 1. The molecule has 0 saturated heterocycles. The molecular formula is C13H10Cl2FNO2S. The van der Waals surface area contributed by atoms with Crippen LogP contribution < -0.4 is 5.73 Å². The largest absolute Gasteiger partial charge is 0.396 e. The van der Waals surface area contributed by atoms with Gasteiger partial charge in [0.25, 0.3) is 0 Å². The number of nitrogen functional groups attached to an aromatic ring is 1. The third kappa shape index (κ3) is 3.06. The number of anilines is 1. The van der Waals surface area contributed by atoms with Crippen molar-refractivity contribution in [3.05, 3.63) is 57.8 Å². The molecule has 2 aromatic carbocycles. The Morgan fingerprint density at radius 1 is 1.15 bits per heavy atom. The third-order valence-corrected chi connectivity index (χ3v) is 5.23. The van der Waals surface area contributed by atoms with E-state index in [2.05, 4.69) is 0 Å². The molecule has 7 heteroatoms. The zero-order chi connectivity index (χ0) is 14.9. The van der Waals surface area contributed by atoms with E-state index in [4.69, 9.17) is 28.9 Å². The lowest BCUT2D eigenvalue weighted by Gasteiger charge is -2.08. The molecule has 0 atom stereocenters. The van der Waals surface area contributed by atoms with Crippen LogP contribution >= 0.6 is 23.2 Å². The molecule has 0 aliphatic rings. The van der Waals surface area contributed by atoms with E-state index in [-0.39, 0.29) is 26.4 Å². The summed E-state index contributed by atoms with van der Waals surface area (Å²) in [6.45, 7) is 0. The van der Waals surface area contributed by atoms with Gasteiger partial charge in [0.2, 0.25) is 0 Å². The SMILES string of the molecule is Nc1ccc(S(=O)(=O)Cc2cccc(Cl)c2Cl)cc1F. The van der Waals surface area contributed by atoms with Crippen LogP contribution in [0.3, 0.4) is 0 Å². The van der Waals surface area contributed by atoms with Crippen molar-refractivity contribution in [1.82, 2.24) is 0 Å². The molecule has 106 valence electrons. The Labute approximate surface area is 126 Å². The van der Waals surface area contributed by atoms with Gasteiger partial charge in [0, 0.05) is 0 Å². The summed E-state index contributed by atoms with van der Waals surface area (Å²) in [4.78, 5) is -0.153. The summed E-state index contributed by atoms with van der Waals surface area (Å²) in [7, 11) is -3.73. The second-order valence-electron chi connectivity index (χ2n) is 4.16. The van der Waals surface area contributed by atoms with E-state index in [0.717, 1.165) is 6.07 Å². The molecule has 0 unspecified atom stereocenters. The summed E-state index contributed by atoms with van der Waals surface area (Å²) in [5.74, 6) is -1.14. The van der Waals surface area contributed by atoms with Crippen LogP contribution in [-0.2, 0) is 15.6 Å². The van der Waals surface area contributed by atoms with Crippen molar-refractivity contribution >= 4 is 38.7 Å². The van der Waals surface area contributed by atoms with Crippen LogP contribution in [0.4, 0.5) is 10.1 Å². The van der Waals surface area contributed by atoms with Gasteiger partial charge in [0.15, 0.2) is 9.84 Å². The van der Waals surface area contributed by atoms with Gasteiger partial charge >= 0.3 is 0 Å². The lowest BCUT2D eigenvalue weighted by atomic mass is 10.2. The van der Waals surface area contributed by atoms with Crippen molar-refractivity contribution in [2.24, 2.45) is 0 Å². The zero-order valence-corrected chi connectivity index (χ0v) is 12.4. The average Bonchev–Trinajstić information content (AvgIpc) is 2.38. The van der Waals surface area contributed by atoms with Gasteiger partial charge in [-0.15, -0.1) is 0 Å². The maximum absolute atomic E-state index is 13.4. The molecule has 2 N–H and O–H groups in total. The first kappa shape index (κ1) is 15.1. The molecule has 0 radical (unpaired) electrons. The topological polar surface area (TPSA) is 60.2 Å². The van der Waals surface area contributed by atoms with Crippen LogP contribution in [0, 0.1) is 5.82 Å². The molecule has 0 aliphatic carbocycles. The molecule has 2 rings (SSSR count). The highest BCUT2D eigenvalue weighted by molar-refractivity contribution is 7.90. The molecule has 0 spiro atoms. The van der Waals surface area contributed by atoms with Crippen LogP contribution in [0.1, 0.15) is 5.56 Å². The Bertz CT molecular complexity index is 763. The van der Waals surface area contributed by atoms with Crippen molar-refractivity contribution in [2.45, 2.75) is 10.6 Å². The van der Waals surface area contributed by atoms with E-state index in [9.17, 15) is 12.8 Å². The minimum absolute atomic E-state index is 0.107.